The van der Waals surface area contributed by atoms with Gasteiger partial charge in [0.25, 0.3) is 0 Å². The van der Waals surface area contributed by atoms with Gasteiger partial charge in [-0.15, -0.1) is 0 Å². The molecule has 0 aliphatic carbocycles. The van der Waals surface area contributed by atoms with Gasteiger partial charge in [0, 0.05) is 12.1 Å². The van der Waals surface area contributed by atoms with Gasteiger partial charge in [0.15, 0.2) is 5.65 Å². The Balaban J connectivity index is 1.97. The SMILES string of the molecule is NCCCNc1ncc2[nH]c(=O)n(Cc3cc(O)ccc3F)c2n1. The van der Waals surface area contributed by atoms with E-state index < -0.39 is 11.5 Å². The molecule has 0 aliphatic heterocycles. The first kappa shape index (κ1) is 15.9. The van der Waals surface area contributed by atoms with Crippen molar-refractivity contribution in [1.82, 2.24) is 19.5 Å². The third kappa shape index (κ3) is 3.20. The summed E-state index contributed by atoms with van der Waals surface area (Å²) in [4.78, 5) is 23.2. The van der Waals surface area contributed by atoms with E-state index in [1.807, 2.05) is 0 Å². The summed E-state index contributed by atoms with van der Waals surface area (Å²) < 4.78 is 15.2. The summed E-state index contributed by atoms with van der Waals surface area (Å²) in [6.07, 6.45) is 2.25. The Hall–Kier alpha value is -2.94. The highest BCUT2D eigenvalue weighted by Crippen LogP contribution is 2.18. The van der Waals surface area contributed by atoms with E-state index in [1.165, 1.54) is 22.9 Å². The van der Waals surface area contributed by atoms with Crippen LogP contribution >= 0.6 is 0 Å². The molecule has 0 saturated carbocycles. The molecule has 8 nitrogen and oxygen atoms in total. The minimum absolute atomic E-state index is 0.0572. The molecule has 5 N–H and O–H groups in total. The summed E-state index contributed by atoms with van der Waals surface area (Å²) in [7, 11) is 0. The van der Waals surface area contributed by atoms with Gasteiger partial charge in [-0.05, 0) is 31.2 Å². The fourth-order valence-corrected chi connectivity index (χ4v) is 2.33. The van der Waals surface area contributed by atoms with Gasteiger partial charge in [-0.1, -0.05) is 0 Å². The maximum atomic E-state index is 13.9. The number of phenols is 1. The number of nitrogens with zero attached hydrogens (tertiary/aromatic N) is 3. The lowest BCUT2D eigenvalue weighted by Gasteiger charge is -2.07. The van der Waals surface area contributed by atoms with Crippen LogP contribution in [-0.2, 0) is 6.54 Å². The van der Waals surface area contributed by atoms with Crippen molar-refractivity contribution in [2.24, 2.45) is 5.73 Å². The number of nitrogens with one attached hydrogen (secondary N) is 2. The van der Waals surface area contributed by atoms with Gasteiger partial charge in [0.05, 0.1) is 12.7 Å². The molecule has 126 valence electrons. The second-order valence-corrected chi connectivity index (χ2v) is 5.29. The average Bonchev–Trinajstić information content (AvgIpc) is 2.87. The van der Waals surface area contributed by atoms with E-state index in [0.29, 0.717) is 30.2 Å². The van der Waals surface area contributed by atoms with E-state index in [0.717, 1.165) is 12.5 Å². The van der Waals surface area contributed by atoms with E-state index in [4.69, 9.17) is 5.73 Å². The predicted molar refractivity (Wildman–Crippen MR) is 87.5 cm³/mol. The summed E-state index contributed by atoms with van der Waals surface area (Å²) in [6.45, 7) is 1.09. The van der Waals surface area contributed by atoms with Crippen molar-refractivity contribution in [3.05, 3.63) is 46.3 Å². The van der Waals surface area contributed by atoms with Crippen molar-refractivity contribution in [3.8, 4) is 5.75 Å². The molecule has 1 aromatic carbocycles. The molecule has 0 amide bonds. The summed E-state index contributed by atoms with van der Waals surface area (Å²) in [5.74, 6) is -0.220. The van der Waals surface area contributed by atoms with Crippen molar-refractivity contribution < 1.29 is 9.50 Å². The molecule has 0 atom stereocenters. The standard InChI is InChI=1S/C15H17FN6O2/c16-11-3-2-10(23)6-9(11)8-22-13-12(20-15(22)24)7-19-14(21-13)18-5-1-4-17/h2-3,6-7,23H,1,4-5,8,17H2,(H,20,24)(H,18,19,21). The Kier molecular flexibility index (Phi) is 4.43. The molecule has 0 bridgehead atoms. The third-order valence-electron chi connectivity index (χ3n) is 3.53. The summed E-state index contributed by atoms with van der Waals surface area (Å²) in [6, 6.07) is 3.68. The molecule has 2 aromatic heterocycles. The van der Waals surface area contributed by atoms with E-state index in [2.05, 4.69) is 20.3 Å². The lowest BCUT2D eigenvalue weighted by atomic mass is 10.2. The minimum atomic E-state index is -0.510. The predicted octanol–water partition coefficient (Wildman–Crippen LogP) is 0.773. The van der Waals surface area contributed by atoms with E-state index in [9.17, 15) is 14.3 Å². The molecule has 3 rings (SSSR count). The molecule has 2 heterocycles. The van der Waals surface area contributed by atoms with Crippen LogP contribution in [0.3, 0.4) is 0 Å². The Bertz CT molecular complexity index is 920. The molecule has 0 unspecified atom stereocenters. The van der Waals surface area contributed by atoms with Crippen LogP contribution < -0.4 is 16.7 Å². The molecule has 0 saturated heterocycles. The number of nitrogens with two attached hydrogens (primary N) is 1. The lowest BCUT2D eigenvalue weighted by molar-refractivity contribution is 0.470. The second-order valence-electron chi connectivity index (χ2n) is 5.29. The number of hydrogen-bond donors (Lipinski definition) is 4. The Morgan fingerprint density at radius 3 is 3.04 bits per heavy atom. The van der Waals surface area contributed by atoms with Crippen molar-refractivity contribution in [1.29, 1.82) is 0 Å². The minimum Gasteiger partial charge on any atom is -0.508 e. The molecular formula is C15H17FN6O2. The molecule has 0 radical (unpaired) electrons. The number of rotatable bonds is 6. The number of halogens is 1. The van der Waals surface area contributed by atoms with Crippen molar-refractivity contribution >= 4 is 17.1 Å². The zero-order valence-electron chi connectivity index (χ0n) is 12.8. The highest BCUT2D eigenvalue weighted by atomic mass is 19.1. The molecular weight excluding hydrogens is 315 g/mol. The Morgan fingerprint density at radius 1 is 1.42 bits per heavy atom. The van der Waals surface area contributed by atoms with Gasteiger partial charge in [0.2, 0.25) is 5.95 Å². The summed E-state index contributed by atoms with van der Waals surface area (Å²) >= 11 is 0. The smallest absolute Gasteiger partial charge is 0.328 e. The lowest BCUT2D eigenvalue weighted by Crippen LogP contribution is -2.18. The molecule has 0 fully saturated rings. The van der Waals surface area contributed by atoms with Gasteiger partial charge < -0.3 is 21.1 Å². The Morgan fingerprint density at radius 2 is 2.25 bits per heavy atom. The maximum absolute atomic E-state index is 13.9. The highest BCUT2D eigenvalue weighted by Gasteiger charge is 2.13. The number of phenolic OH excluding ortho intramolecular Hbond substituents is 1. The largest absolute Gasteiger partial charge is 0.508 e. The van der Waals surface area contributed by atoms with Gasteiger partial charge in [0.1, 0.15) is 17.1 Å². The quantitative estimate of drug-likeness (QED) is 0.495. The zero-order chi connectivity index (χ0) is 17.1. The van der Waals surface area contributed by atoms with Crippen LogP contribution in [0.5, 0.6) is 5.75 Å². The van der Waals surface area contributed by atoms with Gasteiger partial charge >= 0.3 is 5.69 Å². The van der Waals surface area contributed by atoms with Gasteiger partial charge in [-0.25, -0.2) is 14.2 Å². The van der Waals surface area contributed by atoms with Crippen LogP contribution in [0, 0.1) is 5.82 Å². The zero-order valence-corrected chi connectivity index (χ0v) is 12.8. The normalized spacial score (nSPS) is 11.1. The first-order chi connectivity index (χ1) is 11.6. The molecule has 0 aliphatic rings. The van der Waals surface area contributed by atoms with Crippen LogP contribution in [0.25, 0.3) is 11.2 Å². The summed E-state index contributed by atoms with van der Waals surface area (Å²) in [5.41, 5.74) is 6.00. The van der Waals surface area contributed by atoms with Crippen molar-refractivity contribution in [2.75, 3.05) is 18.4 Å². The number of hydrogen-bond acceptors (Lipinski definition) is 6. The molecule has 3 aromatic rings. The van der Waals surface area contributed by atoms with Crippen LogP contribution in [0.15, 0.2) is 29.2 Å². The number of aromatic amines is 1. The fraction of sp³-hybridized carbons (Fsp3) is 0.267. The number of imidazole rings is 1. The van der Waals surface area contributed by atoms with Crippen molar-refractivity contribution in [2.45, 2.75) is 13.0 Å². The van der Waals surface area contributed by atoms with E-state index in [-0.39, 0.29) is 17.9 Å². The number of aromatic nitrogens is 4. The number of benzene rings is 1. The molecule has 0 spiro atoms. The number of fused-ring (bicyclic) bond motifs is 1. The van der Waals surface area contributed by atoms with Crippen LogP contribution in [0.2, 0.25) is 0 Å². The van der Waals surface area contributed by atoms with Crippen LogP contribution in [0.4, 0.5) is 10.3 Å². The number of aromatic hydroxyl groups is 1. The third-order valence-corrected chi connectivity index (χ3v) is 3.53. The van der Waals surface area contributed by atoms with Crippen LogP contribution in [-0.4, -0.2) is 37.7 Å². The molecule has 9 heteroatoms. The topological polar surface area (TPSA) is 122 Å². The average molecular weight is 332 g/mol. The maximum Gasteiger partial charge on any atom is 0.328 e. The fourth-order valence-electron chi connectivity index (χ4n) is 2.33. The number of anilines is 1. The van der Waals surface area contributed by atoms with Crippen molar-refractivity contribution in [3.63, 3.8) is 0 Å². The second kappa shape index (κ2) is 6.67. The van der Waals surface area contributed by atoms with E-state index >= 15 is 0 Å². The highest BCUT2D eigenvalue weighted by molar-refractivity contribution is 5.71. The first-order valence-electron chi connectivity index (χ1n) is 7.45. The number of H-pyrrole nitrogens is 1. The van der Waals surface area contributed by atoms with E-state index in [1.54, 1.807) is 0 Å². The van der Waals surface area contributed by atoms with Gasteiger partial charge in [-0.2, -0.15) is 4.98 Å². The monoisotopic (exact) mass is 332 g/mol. The summed E-state index contributed by atoms with van der Waals surface area (Å²) in [5, 5.41) is 12.5. The Labute approximate surface area is 136 Å². The van der Waals surface area contributed by atoms with Crippen LogP contribution in [0.1, 0.15) is 12.0 Å². The molecule has 24 heavy (non-hydrogen) atoms. The first-order valence-corrected chi connectivity index (χ1v) is 7.45. The van der Waals surface area contributed by atoms with Gasteiger partial charge in [-0.3, -0.25) is 4.57 Å².